The molecule has 0 bridgehead atoms. The maximum Gasteiger partial charge on any atom is 0.305 e. The monoisotopic (exact) mass is 229 g/mol. The highest BCUT2D eigenvalue weighted by Gasteiger charge is 2.28. The summed E-state index contributed by atoms with van der Waals surface area (Å²) in [5.74, 6) is -0.434. The number of carboxylic acid groups (broad SMARTS) is 1. The summed E-state index contributed by atoms with van der Waals surface area (Å²) in [6, 6.07) is 0. The van der Waals surface area contributed by atoms with Crippen LogP contribution in [-0.4, -0.2) is 48.2 Å². The van der Waals surface area contributed by atoms with E-state index in [1.54, 1.807) is 11.8 Å². The first-order chi connectivity index (χ1) is 7.54. The van der Waals surface area contributed by atoms with Gasteiger partial charge in [-0.1, -0.05) is 0 Å². The second-order valence-electron chi connectivity index (χ2n) is 4.25. The molecule has 1 amide bonds. The Morgan fingerprint density at radius 1 is 1.50 bits per heavy atom. The predicted octanol–water partition coefficient (Wildman–Crippen LogP) is 0.735. The van der Waals surface area contributed by atoms with Crippen LogP contribution >= 0.6 is 0 Å². The van der Waals surface area contributed by atoms with Crippen molar-refractivity contribution in [3.63, 3.8) is 0 Å². The lowest BCUT2D eigenvalue weighted by Crippen LogP contribution is -2.41. The van der Waals surface area contributed by atoms with Crippen LogP contribution in [0.3, 0.4) is 0 Å². The van der Waals surface area contributed by atoms with Gasteiger partial charge in [-0.05, 0) is 25.7 Å². The Morgan fingerprint density at radius 3 is 2.56 bits per heavy atom. The average molecular weight is 229 g/mol. The van der Waals surface area contributed by atoms with Crippen LogP contribution in [0.4, 0.5) is 0 Å². The minimum absolute atomic E-state index is 0.00507. The zero-order valence-corrected chi connectivity index (χ0v) is 9.81. The zero-order valence-electron chi connectivity index (χ0n) is 9.81. The standard InChI is InChI=1S/C11H19NO4/c1-8(16-2)11(15)12(6-5-10(13)14)7-9-3-4-9/h8-9H,3-7H2,1-2H3,(H,13,14). The van der Waals surface area contributed by atoms with Gasteiger partial charge in [-0.15, -0.1) is 0 Å². The maximum atomic E-state index is 11.9. The Morgan fingerprint density at radius 2 is 2.12 bits per heavy atom. The number of aliphatic carboxylic acids is 1. The molecule has 5 heteroatoms. The van der Waals surface area contributed by atoms with Crippen LogP contribution in [-0.2, 0) is 14.3 Å². The molecule has 1 aliphatic rings. The van der Waals surface area contributed by atoms with E-state index in [4.69, 9.17) is 9.84 Å². The summed E-state index contributed by atoms with van der Waals surface area (Å²) >= 11 is 0. The van der Waals surface area contributed by atoms with Crippen molar-refractivity contribution in [2.24, 2.45) is 5.92 Å². The highest BCUT2D eigenvalue weighted by atomic mass is 16.5. The Bertz CT molecular complexity index is 263. The van der Waals surface area contributed by atoms with Crippen LogP contribution in [0.1, 0.15) is 26.2 Å². The molecule has 0 aromatic carbocycles. The van der Waals surface area contributed by atoms with E-state index in [1.807, 2.05) is 0 Å². The van der Waals surface area contributed by atoms with Gasteiger partial charge in [-0.2, -0.15) is 0 Å². The van der Waals surface area contributed by atoms with E-state index in [9.17, 15) is 9.59 Å². The Labute approximate surface area is 95.4 Å². The molecule has 1 N–H and O–H groups in total. The zero-order chi connectivity index (χ0) is 12.1. The summed E-state index contributed by atoms with van der Waals surface area (Å²) in [6.07, 6.45) is 1.78. The van der Waals surface area contributed by atoms with Gasteiger partial charge in [0.05, 0.1) is 6.42 Å². The van der Waals surface area contributed by atoms with Crippen molar-refractivity contribution in [2.75, 3.05) is 20.2 Å². The number of hydrogen-bond donors (Lipinski definition) is 1. The lowest BCUT2D eigenvalue weighted by atomic mass is 10.2. The van der Waals surface area contributed by atoms with Crippen molar-refractivity contribution in [3.8, 4) is 0 Å². The largest absolute Gasteiger partial charge is 0.481 e. The van der Waals surface area contributed by atoms with Crippen molar-refractivity contribution < 1.29 is 19.4 Å². The Hall–Kier alpha value is -1.10. The van der Waals surface area contributed by atoms with Gasteiger partial charge in [0.25, 0.3) is 5.91 Å². The summed E-state index contributed by atoms with van der Waals surface area (Å²) in [6.45, 7) is 2.63. The smallest absolute Gasteiger partial charge is 0.305 e. The van der Waals surface area contributed by atoms with Crippen LogP contribution in [0.2, 0.25) is 0 Å². The molecule has 5 nitrogen and oxygen atoms in total. The minimum atomic E-state index is -0.876. The number of carboxylic acids is 1. The quantitative estimate of drug-likeness (QED) is 0.699. The first-order valence-electron chi connectivity index (χ1n) is 5.58. The second-order valence-corrected chi connectivity index (χ2v) is 4.25. The third-order valence-corrected chi connectivity index (χ3v) is 2.78. The minimum Gasteiger partial charge on any atom is -0.481 e. The van der Waals surface area contributed by atoms with Gasteiger partial charge >= 0.3 is 5.97 Å². The molecule has 1 aliphatic carbocycles. The van der Waals surface area contributed by atoms with E-state index < -0.39 is 12.1 Å². The molecule has 0 spiro atoms. The van der Waals surface area contributed by atoms with Crippen molar-refractivity contribution in [2.45, 2.75) is 32.3 Å². The molecule has 1 atom stereocenters. The summed E-state index contributed by atoms with van der Waals surface area (Å²) in [5.41, 5.74) is 0. The Kier molecular flexibility index (Phi) is 4.73. The van der Waals surface area contributed by atoms with Gasteiger partial charge in [0.15, 0.2) is 0 Å². The predicted molar refractivity (Wildman–Crippen MR) is 58.0 cm³/mol. The number of carbonyl (C=O) groups excluding carboxylic acids is 1. The van der Waals surface area contributed by atoms with Crippen LogP contribution in [0.25, 0.3) is 0 Å². The molecule has 0 aliphatic heterocycles. The van der Waals surface area contributed by atoms with E-state index >= 15 is 0 Å². The van der Waals surface area contributed by atoms with E-state index in [1.165, 1.54) is 7.11 Å². The number of rotatable bonds is 7. The number of nitrogens with zero attached hydrogens (tertiary/aromatic N) is 1. The number of ether oxygens (including phenoxy) is 1. The fraction of sp³-hybridized carbons (Fsp3) is 0.818. The lowest BCUT2D eigenvalue weighted by molar-refractivity contribution is -0.143. The van der Waals surface area contributed by atoms with Crippen LogP contribution in [0.15, 0.2) is 0 Å². The molecule has 1 fully saturated rings. The fourth-order valence-electron chi connectivity index (χ4n) is 1.49. The molecule has 92 valence electrons. The highest BCUT2D eigenvalue weighted by molar-refractivity contribution is 5.81. The van der Waals surface area contributed by atoms with Gasteiger partial charge < -0.3 is 14.7 Å². The number of amides is 1. The third-order valence-electron chi connectivity index (χ3n) is 2.78. The normalized spacial score (nSPS) is 16.9. The molecule has 16 heavy (non-hydrogen) atoms. The van der Waals surface area contributed by atoms with Gasteiger partial charge in [-0.25, -0.2) is 0 Å². The molecular weight excluding hydrogens is 210 g/mol. The molecule has 1 saturated carbocycles. The number of methoxy groups -OCH3 is 1. The molecule has 1 unspecified atom stereocenters. The molecule has 0 saturated heterocycles. The number of carbonyl (C=O) groups is 2. The van der Waals surface area contributed by atoms with Crippen molar-refractivity contribution in [1.82, 2.24) is 4.90 Å². The Balaban J connectivity index is 2.47. The van der Waals surface area contributed by atoms with Gasteiger partial charge in [0, 0.05) is 20.2 Å². The van der Waals surface area contributed by atoms with E-state index in [-0.39, 0.29) is 18.9 Å². The first-order valence-corrected chi connectivity index (χ1v) is 5.58. The summed E-state index contributed by atoms with van der Waals surface area (Å²) < 4.78 is 4.96. The summed E-state index contributed by atoms with van der Waals surface area (Å²) in [7, 11) is 1.48. The average Bonchev–Trinajstić information content (AvgIpc) is 3.05. The topological polar surface area (TPSA) is 66.8 Å². The SMILES string of the molecule is COC(C)C(=O)N(CCC(=O)O)CC1CC1. The van der Waals surface area contributed by atoms with E-state index in [0.717, 1.165) is 12.8 Å². The van der Waals surface area contributed by atoms with Crippen molar-refractivity contribution in [3.05, 3.63) is 0 Å². The molecule has 0 heterocycles. The highest BCUT2D eigenvalue weighted by Crippen LogP contribution is 2.30. The van der Waals surface area contributed by atoms with Gasteiger partial charge in [0.1, 0.15) is 6.10 Å². The van der Waals surface area contributed by atoms with Crippen LogP contribution in [0.5, 0.6) is 0 Å². The summed E-state index contributed by atoms with van der Waals surface area (Å²) in [5, 5.41) is 8.62. The van der Waals surface area contributed by atoms with Gasteiger partial charge in [0.2, 0.25) is 0 Å². The third kappa shape index (κ3) is 4.18. The van der Waals surface area contributed by atoms with Crippen molar-refractivity contribution in [1.29, 1.82) is 0 Å². The fourth-order valence-corrected chi connectivity index (χ4v) is 1.49. The summed E-state index contributed by atoms with van der Waals surface area (Å²) in [4.78, 5) is 24.0. The molecular formula is C11H19NO4. The lowest BCUT2D eigenvalue weighted by Gasteiger charge is -2.24. The molecule has 0 radical (unpaired) electrons. The van der Waals surface area contributed by atoms with Crippen LogP contribution in [0, 0.1) is 5.92 Å². The second kappa shape index (κ2) is 5.84. The van der Waals surface area contributed by atoms with E-state index in [0.29, 0.717) is 12.5 Å². The van der Waals surface area contributed by atoms with E-state index in [2.05, 4.69) is 0 Å². The van der Waals surface area contributed by atoms with Crippen molar-refractivity contribution >= 4 is 11.9 Å². The molecule has 1 rings (SSSR count). The number of hydrogen-bond acceptors (Lipinski definition) is 3. The van der Waals surface area contributed by atoms with Crippen LogP contribution < -0.4 is 0 Å². The molecule has 0 aromatic rings. The first kappa shape index (κ1) is 13.0. The maximum absolute atomic E-state index is 11.9. The molecule has 0 aromatic heterocycles. The van der Waals surface area contributed by atoms with Gasteiger partial charge in [-0.3, -0.25) is 9.59 Å².